The number of hydrogen-bond acceptors (Lipinski definition) is 6. The number of rotatable bonds is 11. The minimum absolute atomic E-state index is 0.0741. The van der Waals surface area contributed by atoms with E-state index in [1.54, 1.807) is 6.07 Å². The molecule has 0 saturated heterocycles. The van der Waals surface area contributed by atoms with Gasteiger partial charge in [-0.15, -0.1) is 0 Å². The quantitative estimate of drug-likeness (QED) is 0.271. The molecule has 0 radical (unpaired) electrons. The number of hydrogen-bond donors (Lipinski definition) is 4. The number of fused-ring (bicyclic) bond motifs is 1. The Hall–Kier alpha value is -4.55. The lowest BCUT2D eigenvalue weighted by molar-refractivity contribution is -0.118. The van der Waals surface area contributed by atoms with E-state index in [-0.39, 0.29) is 42.0 Å². The zero-order valence-corrected chi connectivity index (χ0v) is 21.7. The SMILES string of the molecule is COC(=O)NC(CC/C=C/C(N)=O)C(=O)Nc1cccn(Cc2nc3c(C(F)(F)C(C)C)cccc3[nH]2)c1=O. The van der Waals surface area contributed by atoms with Gasteiger partial charge in [-0.25, -0.2) is 18.6 Å². The summed E-state index contributed by atoms with van der Waals surface area (Å²) >= 11 is 0. The van der Waals surface area contributed by atoms with E-state index >= 15 is 0 Å². The van der Waals surface area contributed by atoms with Crippen LogP contribution in [0.2, 0.25) is 0 Å². The van der Waals surface area contributed by atoms with Crippen molar-refractivity contribution < 1.29 is 27.9 Å². The van der Waals surface area contributed by atoms with E-state index in [0.717, 1.165) is 13.2 Å². The molecule has 0 spiro atoms. The molecule has 208 valence electrons. The van der Waals surface area contributed by atoms with Crippen molar-refractivity contribution in [3.63, 3.8) is 0 Å². The van der Waals surface area contributed by atoms with Crippen LogP contribution in [0.4, 0.5) is 19.3 Å². The van der Waals surface area contributed by atoms with Gasteiger partial charge in [0.2, 0.25) is 11.8 Å². The number of anilines is 1. The minimum Gasteiger partial charge on any atom is -0.453 e. The maximum Gasteiger partial charge on any atom is 0.407 e. The number of primary amides is 1. The largest absolute Gasteiger partial charge is 0.453 e. The third kappa shape index (κ3) is 7.06. The fourth-order valence-corrected chi connectivity index (χ4v) is 3.81. The summed E-state index contributed by atoms with van der Waals surface area (Å²) < 4.78 is 35.4. The molecule has 0 aliphatic heterocycles. The van der Waals surface area contributed by atoms with E-state index < -0.39 is 41.3 Å². The molecule has 5 N–H and O–H groups in total. The van der Waals surface area contributed by atoms with Crippen molar-refractivity contribution in [1.29, 1.82) is 0 Å². The van der Waals surface area contributed by atoms with Crippen molar-refractivity contribution in [3.05, 3.63) is 70.4 Å². The number of nitrogens with one attached hydrogen (secondary N) is 3. The molecular formula is C26H30F2N6O5. The maximum atomic E-state index is 14.8. The number of amides is 3. The Morgan fingerprint density at radius 2 is 1.97 bits per heavy atom. The van der Waals surface area contributed by atoms with Crippen molar-refractivity contribution in [2.45, 2.75) is 45.2 Å². The highest BCUT2D eigenvalue weighted by Gasteiger charge is 2.37. The number of pyridine rings is 1. The summed E-state index contributed by atoms with van der Waals surface area (Å²) in [5.74, 6) is -5.11. The summed E-state index contributed by atoms with van der Waals surface area (Å²) in [4.78, 5) is 55.9. The zero-order valence-electron chi connectivity index (χ0n) is 21.7. The molecule has 0 saturated carbocycles. The lowest BCUT2D eigenvalue weighted by Gasteiger charge is -2.20. The number of benzene rings is 1. The molecule has 1 aromatic carbocycles. The van der Waals surface area contributed by atoms with Gasteiger partial charge in [0.25, 0.3) is 11.5 Å². The molecule has 3 aromatic rings. The zero-order chi connectivity index (χ0) is 28.7. The lowest BCUT2D eigenvalue weighted by atomic mass is 9.97. The molecule has 2 aromatic heterocycles. The maximum absolute atomic E-state index is 14.8. The van der Waals surface area contributed by atoms with E-state index in [4.69, 9.17) is 5.73 Å². The Kier molecular flexibility index (Phi) is 9.17. The number of ether oxygens (including phenoxy) is 1. The molecular weight excluding hydrogens is 514 g/mol. The van der Waals surface area contributed by atoms with Crippen LogP contribution >= 0.6 is 0 Å². The van der Waals surface area contributed by atoms with Gasteiger partial charge < -0.3 is 30.7 Å². The Morgan fingerprint density at radius 3 is 2.64 bits per heavy atom. The lowest BCUT2D eigenvalue weighted by Crippen LogP contribution is -2.44. The van der Waals surface area contributed by atoms with Crippen LogP contribution in [0.1, 0.15) is 38.1 Å². The topological polar surface area (TPSA) is 161 Å². The van der Waals surface area contributed by atoms with Crippen LogP contribution in [-0.4, -0.2) is 45.6 Å². The number of alkyl halides is 2. The van der Waals surface area contributed by atoms with Gasteiger partial charge >= 0.3 is 6.09 Å². The predicted molar refractivity (Wildman–Crippen MR) is 140 cm³/mol. The average Bonchev–Trinajstić information content (AvgIpc) is 3.30. The van der Waals surface area contributed by atoms with Crippen molar-refractivity contribution in [2.24, 2.45) is 11.7 Å². The number of halogens is 2. The van der Waals surface area contributed by atoms with E-state index in [2.05, 4.69) is 25.3 Å². The molecule has 11 nitrogen and oxygen atoms in total. The van der Waals surface area contributed by atoms with Gasteiger partial charge in [0.05, 0.1) is 24.7 Å². The molecule has 2 heterocycles. The summed E-state index contributed by atoms with van der Waals surface area (Å²) in [5.41, 5.74) is 4.71. The first-order valence-electron chi connectivity index (χ1n) is 12.1. The molecule has 0 bridgehead atoms. The highest BCUT2D eigenvalue weighted by atomic mass is 19.3. The molecule has 3 amide bonds. The summed E-state index contributed by atoms with van der Waals surface area (Å²) in [6.07, 6.45) is 3.52. The number of para-hydroxylation sites is 1. The molecule has 0 aliphatic carbocycles. The third-order valence-electron chi connectivity index (χ3n) is 5.94. The molecule has 3 rings (SSSR count). The number of carbonyl (C=O) groups excluding carboxylic acids is 3. The van der Waals surface area contributed by atoms with Crippen LogP contribution in [-0.2, 0) is 26.8 Å². The number of imidazole rings is 1. The van der Waals surface area contributed by atoms with Crippen molar-refractivity contribution in [2.75, 3.05) is 12.4 Å². The number of H-pyrrole nitrogens is 1. The first kappa shape index (κ1) is 29.0. The van der Waals surface area contributed by atoms with Gasteiger partial charge in [0.15, 0.2) is 0 Å². The highest BCUT2D eigenvalue weighted by Crippen LogP contribution is 2.38. The molecule has 1 unspecified atom stereocenters. The minimum atomic E-state index is -3.10. The number of allylic oxidation sites excluding steroid dienone is 1. The van der Waals surface area contributed by atoms with Crippen LogP contribution in [0.25, 0.3) is 11.0 Å². The Labute approximate surface area is 222 Å². The van der Waals surface area contributed by atoms with Crippen molar-refractivity contribution >= 4 is 34.6 Å². The molecule has 0 fully saturated rings. The second-order valence-corrected chi connectivity index (χ2v) is 9.08. The Morgan fingerprint density at radius 1 is 1.23 bits per heavy atom. The number of aromatic nitrogens is 3. The van der Waals surface area contributed by atoms with Gasteiger partial charge in [-0.3, -0.25) is 14.4 Å². The van der Waals surface area contributed by atoms with Gasteiger partial charge in [0, 0.05) is 17.7 Å². The fraction of sp³-hybridized carbons (Fsp3) is 0.346. The van der Waals surface area contributed by atoms with Crippen molar-refractivity contribution in [3.8, 4) is 0 Å². The Balaban J connectivity index is 1.82. The number of carbonyl (C=O) groups is 3. The third-order valence-corrected chi connectivity index (χ3v) is 5.94. The van der Waals surface area contributed by atoms with Crippen LogP contribution in [0, 0.1) is 5.92 Å². The number of methoxy groups -OCH3 is 1. The smallest absolute Gasteiger partial charge is 0.407 e. The van der Waals surface area contributed by atoms with E-state index in [1.807, 2.05) is 0 Å². The number of aromatic amines is 1. The first-order valence-corrected chi connectivity index (χ1v) is 12.1. The number of alkyl carbamates (subject to hydrolysis) is 1. The summed E-state index contributed by atoms with van der Waals surface area (Å²) in [5, 5.41) is 4.88. The standard InChI is InChI=1S/C26H30F2N6O5/c1-15(2)26(27,28)16-8-6-10-17-22(16)33-21(30-17)14-34-13-7-11-19(24(34)37)31-23(36)18(32-25(38)39-3)9-4-5-12-20(29)35/h5-8,10-13,15,18H,4,9,14H2,1-3H3,(H2,29,35)(H,30,33)(H,31,36)(H,32,38)/b12-5+. The predicted octanol–water partition coefficient (Wildman–Crippen LogP) is 3.01. The molecule has 0 aliphatic rings. The average molecular weight is 545 g/mol. The van der Waals surface area contributed by atoms with Crippen molar-refractivity contribution in [1.82, 2.24) is 19.9 Å². The van der Waals surface area contributed by atoms with E-state index in [1.165, 1.54) is 55.0 Å². The van der Waals surface area contributed by atoms with Gasteiger partial charge in [-0.1, -0.05) is 32.1 Å². The normalized spacial score (nSPS) is 12.6. The summed E-state index contributed by atoms with van der Waals surface area (Å²) in [7, 11) is 1.14. The second kappa shape index (κ2) is 12.3. The molecule has 13 heteroatoms. The van der Waals surface area contributed by atoms with Gasteiger partial charge in [0.1, 0.15) is 17.6 Å². The molecule has 39 heavy (non-hydrogen) atoms. The van der Waals surface area contributed by atoms with E-state index in [0.29, 0.717) is 5.52 Å². The first-order chi connectivity index (χ1) is 18.4. The van der Waals surface area contributed by atoms with Gasteiger partial charge in [-0.2, -0.15) is 0 Å². The summed E-state index contributed by atoms with van der Waals surface area (Å²) in [6, 6.07) is 6.30. The molecule has 1 atom stereocenters. The Bertz CT molecular complexity index is 1450. The van der Waals surface area contributed by atoms with Crippen LogP contribution in [0.3, 0.4) is 0 Å². The van der Waals surface area contributed by atoms with E-state index in [9.17, 15) is 28.0 Å². The monoisotopic (exact) mass is 544 g/mol. The fourth-order valence-electron chi connectivity index (χ4n) is 3.81. The van der Waals surface area contributed by atoms with Crippen LogP contribution in [0.15, 0.2) is 53.5 Å². The van der Waals surface area contributed by atoms with Gasteiger partial charge in [-0.05, 0) is 37.1 Å². The van der Waals surface area contributed by atoms with Crippen LogP contribution < -0.4 is 21.9 Å². The highest BCUT2D eigenvalue weighted by molar-refractivity contribution is 5.96. The second-order valence-electron chi connectivity index (χ2n) is 9.08. The summed E-state index contributed by atoms with van der Waals surface area (Å²) in [6.45, 7) is 2.77. The number of nitrogens with two attached hydrogens (primary N) is 1. The van der Waals surface area contributed by atoms with Crippen LogP contribution in [0.5, 0.6) is 0 Å². The number of nitrogens with zero attached hydrogens (tertiary/aromatic N) is 2.